The van der Waals surface area contributed by atoms with Gasteiger partial charge in [-0.3, -0.25) is 9.59 Å². The van der Waals surface area contributed by atoms with Gasteiger partial charge in [0.25, 0.3) is 5.56 Å². The minimum atomic E-state index is -0.395. The smallest absolute Gasteiger partial charge is 0.410 e. The molecule has 2 heterocycles. The van der Waals surface area contributed by atoms with Crippen molar-refractivity contribution in [2.24, 2.45) is 0 Å². The van der Waals surface area contributed by atoms with Crippen LogP contribution in [0.5, 0.6) is 0 Å². The number of ether oxygens (including phenoxy) is 1. The molecule has 8 heteroatoms. The van der Waals surface area contributed by atoms with Gasteiger partial charge in [-0.05, 0) is 24.5 Å². The molecule has 1 aliphatic heterocycles. The topological polar surface area (TPSA) is 93.5 Å². The summed E-state index contributed by atoms with van der Waals surface area (Å²) in [6, 6.07) is 9.49. The molecule has 0 atom stereocenters. The van der Waals surface area contributed by atoms with Crippen LogP contribution in [0.4, 0.5) is 4.79 Å². The van der Waals surface area contributed by atoms with E-state index in [1.54, 1.807) is 11.8 Å². The number of aromatic nitrogens is 2. The van der Waals surface area contributed by atoms with E-state index in [1.807, 2.05) is 24.3 Å². The van der Waals surface area contributed by atoms with Gasteiger partial charge in [-0.25, -0.2) is 9.48 Å². The molecule has 0 aliphatic carbocycles. The van der Waals surface area contributed by atoms with E-state index in [0.717, 1.165) is 17.7 Å². The van der Waals surface area contributed by atoms with Gasteiger partial charge in [0.05, 0.1) is 18.8 Å². The number of hydrogen-bond donors (Lipinski definition) is 1. The lowest BCUT2D eigenvalue weighted by Crippen LogP contribution is -2.40. The molecule has 1 aliphatic rings. The molecule has 8 nitrogen and oxygen atoms in total. The normalized spacial score (nSPS) is 13.0. The highest BCUT2D eigenvalue weighted by atomic mass is 16.6. The molecule has 1 N–H and O–H groups in total. The van der Waals surface area contributed by atoms with Crippen molar-refractivity contribution in [3.8, 4) is 0 Å². The van der Waals surface area contributed by atoms with Crippen molar-refractivity contribution in [3.05, 3.63) is 63.1 Å². The van der Waals surface area contributed by atoms with Gasteiger partial charge in [0, 0.05) is 31.1 Å². The standard InChI is InChI=1S/C21H26N4O4/c1-3-15-5-7-16(8-6-15)12-22-19(26)14-25-20(27)11-17-13-24(21(28)29-4-2)10-9-18(17)23-25/h5-8,11H,3-4,9-10,12-14H2,1-2H3,(H,22,26). The SMILES string of the molecule is CCOC(=O)N1CCc2nn(CC(=O)NCc3ccc(CC)cc3)c(=O)cc2C1. The number of carbonyl (C=O) groups is 2. The third kappa shape index (κ3) is 5.22. The third-order valence-electron chi connectivity index (χ3n) is 4.88. The molecule has 0 bridgehead atoms. The number of hydrogen-bond acceptors (Lipinski definition) is 5. The summed E-state index contributed by atoms with van der Waals surface area (Å²) in [5.41, 5.74) is 3.30. The monoisotopic (exact) mass is 398 g/mol. The molecule has 0 unspecified atom stereocenters. The van der Waals surface area contributed by atoms with Crippen molar-refractivity contribution in [1.82, 2.24) is 20.0 Å². The first-order valence-corrected chi connectivity index (χ1v) is 9.86. The molecule has 0 saturated carbocycles. The van der Waals surface area contributed by atoms with E-state index in [0.29, 0.717) is 31.7 Å². The van der Waals surface area contributed by atoms with Crippen molar-refractivity contribution in [2.45, 2.75) is 46.3 Å². The Bertz CT molecular complexity index is 937. The third-order valence-corrected chi connectivity index (χ3v) is 4.88. The largest absolute Gasteiger partial charge is 0.450 e. The zero-order valence-corrected chi connectivity index (χ0v) is 16.8. The molecule has 29 heavy (non-hydrogen) atoms. The second-order valence-corrected chi connectivity index (χ2v) is 6.93. The number of amides is 2. The van der Waals surface area contributed by atoms with Crippen LogP contribution in [0.1, 0.15) is 36.2 Å². The molecule has 154 valence electrons. The van der Waals surface area contributed by atoms with Crippen LogP contribution in [0.15, 0.2) is 35.1 Å². The maximum absolute atomic E-state index is 12.4. The molecule has 0 radical (unpaired) electrons. The van der Waals surface area contributed by atoms with Gasteiger partial charge in [-0.1, -0.05) is 31.2 Å². The zero-order chi connectivity index (χ0) is 20.8. The van der Waals surface area contributed by atoms with Crippen molar-refractivity contribution < 1.29 is 14.3 Å². The number of benzene rings is 1. The van der Waals surface area contributed by atoms with Gasteiger partial charge in [0.1, 0.15) is 6.54 Å². The Morgan fingerprint density at radius 1 is 1.17 bits per heavy atom. The van der Waals surface area contributed by atoms with E-state index in [1.165, 1.54) is 16.3 Å². The van der Waals surface area contributed by atoms with Crippen molar-refractivity contribution in [1.29, 1.82) is 0 Å². The van der Waals surface area contributed by atoms with E-state index in [-0.39, 0.29) is 24.6 Å². The van der Waals surface area contributed by atoms with E-state index in [2.05, 4.69) is 17.3 Å². The van der Waals surface area contributed by atoms with Crippen LogP contribution < -0.4 is 10.9 Å². The molecular formula is C21H26N4O4. The van der Waals surface area contributed by atoms with E-state index in [4.69, 9.17) is 4.74 Å². The first kappa shape index (κ1) is 20.6. The zero-order valence-electron chi connectivity index (χ0n) is 16.8. The quantitative estimate of drug-likeness (QED) is 0.798. The number of aryl methyl sites for hydroxylation is 1. The van der Waals surface area contributed by atoms with Crippen molar-refractivity contribution in [3.63, 3.8) is 0 Å². The van der Waals surface area contributed by atoms with Crippen LogP contribution in [0.3, 0.4) is 0 Å². The average Bonchev–Trinajstić information content (AvgIpc) is 2.73. The Morgan fingerprint density at radius 3 is 2.59 bits per heavy atom. The second kappa shape index (κ2) is 9.36. The summed E-state index contributed by atoms with van der Waals surface area (Å²) in [6.07, 6.45) is 1.09. The molecular weight excluding hydrogens is 372 g/mol. The second-order valence-electron chi connectivity index (χ2n) is 6.93. The first-order chi connectivity index (χ1) is 14.0. The van der Waals surface area contributed by atoms with Crippen LogP contribution in [0.2, 0.25) is 0 Å². The van der Waals surface area contributed by atoms with Crippen LogP contribution in [-0.4, -0.2) is 39.8 Å². The summed E-state index contributed by atoms with van der Waals surface area (Å²) in [5.74, 6) is -0.275. The van der Waals surface area contributed by atoms with E-state index < -0.39 is 6.09 Å². The molecule has 2 aromatic rings. The summed E-state index contributed by atoms with van der Waals surface area (Å²) in [4.78, 5) is 38.0. The number of fused-ring (bicyclic) bond motifs is 1. The molecule has 0 spiro atoms. The summed E-state index contributed by atoms with van der Waals surface area (Å²) < 4.78 is 6.18. The number of carbonyl (C=O) groups excluding carboxylic acids is 2. The lowest BCUT2D eigenvalue weighted by molar-refractivity contribution is -0.122. The lowest BCUT2D eigenvalue weighted by Gasteiger charge is -2.27. The molecule has 1 aromatic heterocycles. The van der Waals surface area contributed by atoms with E-state index >= 15 is 0 Å². The van der Waals surface area contributed by atoms with Crippen LogP contribution in [0.25, 0.3) is 0 Å². The molecule has 3 rings (SSSR count). The van der Waals surface area contributed by atoms with Crippen LogP contribution in [-0.2, 0) is 42.0 Å². The minimum absolute atomic E-state index is 0.138. The number of nitrogens with zero attached hydrogens (tertiary/aromatic N) is 3. The molecule has 1 aromatic carbocycles. The first-order valence-electron chi connectivity index (χ1n) is 9.86. The fraction of sp³-hybridized carbons (Fsp3) is 0.429. The van der Waals surface area contributed by atoms with Crippen LogP contribution >= 0.6 is 0 Å². The highest BCUT2D eigenvalue weighted by Crippen LogP contribution is 2.16. The van der Waals surface area contributed by atoms with Gasteiger partial charge < -0.3 is 15.0 Å². The highest BCUT2D eigenvalue weighted by molar-refractivity contribution is 5.75. The fourth-order valence-electron chi connectivity index (χ4n) is 3.21. The Morgan fingerprint density at radius 2 is 1.90 bits per heavy atom. The van der Waals surface area contributed by atoms with Crippen molar-refractivity contribution in [2.75, 3.05) is 13.2 Å². The minimum Gasteiger partial charge on any atom is -0.450 e. The predicted molar refractivity (Wildman–Crippen MR) is 107 cm³/mol. The molecule has 0 saturated heterocycles. The Hall–Kier alpha value is -3.16. The van der Waals surface area contributed by atoms with E-state index in [9.17, 15) is 14.4 Å². The van der Waals surface area contributed by atoms with Gasteiger partial charge in [0.15, 0.2) is 0 Å². The van der Waals surface area contributed by atoms with Crippen LogP contribution in [0, 0.1) is 0 Å². The molecule has 2 amide bonds. The number of rotatable bonds is 6. The van der Waals surface area contributed by atoms with Crippen molar-refractivity contribution >= 4 is 12.0 Å². The number of nitrogens with one attached hydrogen (secondary N) is 1. The average molecular weight is 398 g/mol. The Kier molecular flexibility index (Phi) is 6.64. The fourth-order valence-corrected chi connectivity index (χ4v) is 3.21. The lowest BCUT2D eigenvalue weighted by atomic mass is 10.1. The maximum Gasteiger partial charge on any atom is 0.410 e. The molecule has 0 fully saturated rings. The van der Waals surface area contributed by atoms with Gasteiger partial charge in [-0.2, -0.15) is 5.10 Å². The summed E-state index contributed by atoms with van der Waals surface area (Å²) >= 11 is 0. The summed E-state index contributed by atoms with van der Waals surface area (Å²) in [5, 5.41) is 7.15. The Balaban J connectivity index is 1.60. The summed E-state index contributed by atoms with van der Waals surface area (Å²) in [6.45, 7) is 5.17. The van der Waals surface area contributed by atoms with Gasteiger partial charge in [-0.15, -0.1) is 0 Å². The summed E-state index contributed by atoms with van der Waals surface area (Å²) in [7, 11) is 0. The Labute approximate surface area is 169 Å². The van der Waals surface area contributed by atoms with Gasteiger partial charge >= 0.3 is 6.09 Å². The van der Waals surface area contributed by atoms with Gasteiger partial charge in [0.2, 0.25) is 5.91 Å². The highest BCUT2D eigenvalue weighted by Gasteiger charge is 2.24. The maximum atomic E-state index is 12.4. The predicted octanol–water partition coefficient (Wildman–Crippen LogP) is 1.64.